The molecule has 1 saturated carbocycles. The van der Waals surface area contributed by atoms with E-state index in [1.54, 1.807) is 0 Å². The molecular formula is C19H38N4O2. The van der Waals surface area contributed by atoms with Crippen molar-refractivity contribution >= 4 is 5.96 Å². The van der Waals surface area contributed by atoms with Gasteiger partial charge in [-0.15, -0.1) is 0 Å². The van der Waals surface area contributed by atoms with Crippen LogP contribution in [0.4, 0.5) is 0 Å². The molecule has 146 valence electrons. The zero-order valence-electron chi connectivity index (χ0n) is 17.2. The van der Waals surface area contributed by atoms with Crippen LogP contribution in [0, 0.1) is 5.41 Å². The minimum Gasteiger partial charge on any atom is -0.379 e. The average molecular weight is 355 g/mol. The maximum Gasteiger partial charge on any atom is 0.191 e. The highest BCUT2D eigenvalue weighted by Gasteiger charge is 2.58. The van der Waals surface area contributed by atoms with Gasteiger partial charge in [-0.05, 0) is 34.1 Å². The number of aliphatic imine (C=N–C) groups is 1. The van der Waals surface area contributed by atoms with E-state index in [9.17, 15) is 0 Å². The smallest absolute Gasteiger partial charge is 0.191 e. The summed E-state index contributed by atoms with van der Waals surface area (Å²) < 4.78 is 11.2. The molecule has 0 spiro atoms. The zero-order chi connectivity index (χ0) is 18.7. The van der Waals surface area contributed by atoms with Crippen LogP contribution < -0.4 is 10.6 Å². The monoisotopic (exact) mass is 354 g/mol. The van der Waals surface area contributed by atoms with E-state index in [2.05, 4.69) is 57.1 Å². The molecule has 1 aliphatic heterocycles. The molecule has 2 aliphatic rings. The Kier molecular flexibility index (Phi) is 6.39. The van der Waals surface area contributed by atoms with E-state index in [1.165, 1.54) is 0 Å². The molecule has 0 aromatic rings. The molecule has 0 aromatic heterocycles. The Balaban J connectivity index is 1.99. The van der Waals surface area contributed by atoms with Crippen molar-refractivity contribution < 1.29 is 9.47 Å². The lowest BCUT2D eigenvalue weighted by atomic mass is 9.56. The normalized spacial score (nSPS) is 30.7. The first-order chi connectivity index (χ1) is 11.7. The lowest BCUT2D eigenvalue weighted by Crippen LogP contribution is -2.69. The number of nitrogens with one attached hydrogen (secondary N) is 2. The Morgan fingerprint density at radius 3 is 2.44 bits per heavy atom. The molecule has 6 heteroatoms. The maximum atomic E-state index is 5.74. The van der Waals surface area contributed by atoms with Gasteiger partial charge < -0.3 is 20.1 Å². The first-order valence-electron chi connectivity index (χ1n) is 9.59. The predicted molar refractivity (Wildman–Crippen MR) is 103 cm³/mol. The molecule has 1 aliphatic carbocycles. The number of ether oxygens (including phenoxy) is 2. The Morgan fingerprint density at radius 1 is 1.28 bits per heavy atom. The lowest BCUT2D eigenvalue weighted by Gasteiger charge is -2.59. The van der Waals surface area contributed by atoms with E-state index in [0.29, 0.717) is 6.04 Å². The quantitative estimate of drug-likeness (QED) is 0.563. The van der Waals surface area contributed by atoms with E-state index >= 15 is 0 Å². The van der Waals surface area contributed by atoms with Crippen LogP contribution in [0.25, 0.3) is 0 Å². The average Bonchev–Trinajstić information content (AvgIpc) is 2.59. The first-order valence-corrected chi connectivity index (χ1v) is 9.59. The van der Waals surface area contributed by atoms with Crippen LogP contribution in [-0.2, 0) is 9.47 Å². The lowest BCUT2D eigenvalue weighted by molar-refractivity contribution is -0.176. The molecule has 0 amide bonds. The number of hydrogen-bond acceptors (Lipinski definition) is 4. The maximum absolute atomic E-state index is 5.74. The zero-order valence-corrected chi connectivity index (χ0v) is 17.2. The summed E-state index contributed by atoms with van der Waals surface area (Å²) in [6.45, 7) is 18.6. The van der Waals surface area contributed by atoms with Gasteiger partial charge in [0, 0.05) is 43.7 Å². The van der Waals surface area contributed by atoms with Crippen LogP contribution in [0.3, 0.4) is 0 Å². The summed E-state index contributed by atoms with van der Waals surface area (Å²) in [4.78, 5) is 7.36. The van der Waals surface area contributed by atoms with Crippen molar-refractivity contribution in [3.8, 4) is 0 Å². The Bertz CT molecular complexity index is 472. The number of hydrogen-bond donors (Lipinski definition) is 2. The van der Waals surface area contributed by atoms with Crippen molar-refractivity contribution in [1.82, 2.24) is 15.5 Å². The van der Waals surface area contributed by atoms with Gasteiger partial charge in [0.2, 0.25) is 0 Å². The SMILES string of the molecule is CCNC(=NCC(C)(C)N1CCOCC1)NC1CC(C)(OC)C1(C)C. The van der Waals surface area contributed by atoms with Crippen LogP contribution in [0.2, 0.25) is 0 Å². The van der Waals surface area contributed by atoms with Crippen molar-refractivity contribution in [2.45, 2.75) is 65.1 Å². The first kappa shape index (κ1) is 20.5. The summed E-state index contributed by atoms with van der Waals surface area (Å²) in [5.41, 5.74) is 0.0229. The number of nitrogens with zero attached hydrogens (tertiary/aromatic N) is 2. The standard InChI is InChI=1S/C19H38N4O2/c1-8-20-16(22-15-13-19(6,24-7)18(15,4)5)21-14-17(2,3)23-9-11-25-12-10-23/h15H,8-14H2,1-7H3,(H2,20,21,22). The van der Waals surface area contributed by atoms with Gasteiger partial charge in [-0.2, -0.15) is 0 Å². The van der Waals surface area contributed by atoms with Crippen molar-refractivity contribution in [2.75, 3.05) is 46.5 Å². The molecule has 0 aromatic carbocycles. The third-order valence-corrected chi connectivity index (χ3v) is 6.42. The number of guanidine groups is 1. The largest absolute Gasteiger partial charge is 0.379 e. The van der Waals surface area contributed by atoms with Crippen molar-refractivity contribution in [3.05, 3.63) is 0 Å². The Morgan fingerprint density at radius 2 is 1.92 bits per heavy atom. The van der Waals surface area contributed by atoms with E-state index in [4.69, 9.17) is 14.5 Å². The second-order valence-corrected chi connectivity index (χ2v) is 8.66. The van der Waals surface area contributed by atoms with Crippen LogP contribution in [0.15, 0.2) is 4.99 Å². The van der Waals surface area contributed by atoms with Gasteiger partial charge in [-0.3, -0.25) is 9.89 Å². The molecule has 2 rings (SSSR count). The van der Waals surface area contributed by atoms with E-state index in [-0.39, 0.29) is 16.6 Å². The second-order valence-electron chi connectivity index (χ2n) is 8.66. The highest BCUT2D eigenvalue weighted by atomic mass is 16.5. The predicted octanol–water partition coefficient (Wildman–Crippen LogP) is 1.86. The van der Waals surface area contributed by atoms with E-state index in [0.717, 1.165) is 51.8 Å². The van der Waals surface area contributed by atoms with Gasteiger partial charge in [0.05, 0.1) is 25.4 Å². The molecule has 25 heavy (non-hydrogen) atoms. The molecule has 2 atom stereocenters. The van der Waals surface area contributed by atoms with Gasteiger partial charge >= 0.3 is 0 Å². The summed E-state index contributed by atoms with van der Waals surface area (Å²) in [7, 11) is 1.81. The fourth-order valence-electron chi connectivity index (χ4n) is 3.75. The van der Waals surface area contributed by atoms with Gasteiger partial charge in [0.1, 0.15) is 0 Å². The fourth-order valence-corrected chi connectivity index (χ4v) is 3.75. The molecule has 2 unspecified atom stereocenters. The van der Waals surface area contributed by atoms with E-state index in [1.807, 2.05) is 7.11 Å². The number of rotatable bonds is 6. The summed E-state index contributed by atoms with van der Waals surface area (Å²) in [6.07, 6.45) is 0.994. The highest BCUT2D eigenvalue weighted by Crippen LogP contribution is 2.51. The third-order valence-electron chi connectivity index (χ3n) is 6.42. The summed E-state index contributed by atoms with van der Waals surface area (Å²) in [5, 5.41) is 7.02. The molecule has 2 N–H and O–H groups in total. The molecule has 1 heterocycles. The van der Waals surface area contributed by atoms with Gasteiger partial charge in [-0.1, -0.05) is 13.8 Å². The fraction of sp³-hybridized carbons (Fsp3) is 0.947. The number of methoxy groups -OCH3 is 1. The van der Waals surface area contributed by atoms with Gasteiger partial charge in [0.15, 0.2) is 5.96 Å². The van der Waals surface area contributed by atoms with Crippen molar-refractivity contribution in [2.24, 2.45) is 10.4 Å². The third kappa shape index (κ3) is 4.29. The highest BCUT2D eigenvalue weighted by molar-refractivity contribution is 5.80. The number of morpholine rings is 1. The van der Waals surface area contributed by atoms with Crippen molar-refractivity contribution in [1.29, 1.82) is 0 Å². The molecule has 0 radical (unpaired) electrons. The second kappa shape index (κ2) is 7.80. The summed E-state index contributed by atoms with van der Waals surface area (Å²) in [6, 6.07) is 0.363. The summed E-state index contributed by atoms with van der Waals surface area (Å²) in [5.74, 6) is 0.903. The summed E-state index contributed by atoms with van der Waals surface area (Å²) >= 11 is 0. The molecular weight excluding hydrogens is 316 g/mol. The molecule has 0 bridgehead atoms. The molecule has 2 fully saturated rings. The van der Waals surface area contributed by atoms with Crippen LogP contribution in [0.1, 0.15) is 48.0 Å². The Hall–Kier alpha value is -0.850. The molecule has 6 nitrogen and oxygen atoms in total. The molecule has 1 saturated heterocycles. The Labute approximate surface area is 153 Å². The minimum absolute atomic E-state index is 0.0301. The van der Waals surface area contributed by atoms with Crippen LogP contribution in [0.5, 0.6) is 0 Å². The minimum atomic E-state index is -0.0743. The van der Waals surface area contributed by atoms with Crippen LogP contribution in [-0.4, -0.2) is 74.5 Å². The van der Waals surface area contributed by atoms with Gasteiger partial charge in [-0.25, -0.2) is 0 Å². The van der Waals surface area contributed by atoms with Crippen molar-refractivity contribution in [3.63, 3.8) is 0 Å². The topological polar surface area (TPSA) is 58.1 Å². The van der Waals surface area contributed by atoms with E-state index < -0.39 is 0 Å². The van der Waals surface area contributed by atoms with Gasteiger partial charge in [0.25, 0.3) is 0 Å². The van der Waals surface area contributed by atoms with Crippen LogP contribution >= 0.6 is 0 Å².